The van der Waals surface area contributed by atoms with Crippen LogP contribution in [0.3, 0.4) is 0 Å². The van der Waals surface area contributed by atoms with E-state index in [4.69, 9.17) is 9.47 Å². The molecule has 1 saturated heterocycles. The molecule has 0 spiro atoms. The first kappa shape index (κ1) is 23.2. The number of amides is 1. The van der Waals surface area contributed by atoms with Gasteiger partial charge in [0.2, 0.25) is 11.8 Å². The predicted molar refractivity (Wildman–Crippen MR) is 110 cm³/mol. The first-order valence-electron chi connectivity index (χ1n) is 8.42. The molecular weight excluding hydrogens is 389 g/mol. The van der Waals surface area contributed by atoms with Crippen molar-refractivity contribution < 1.29 is 14.3 Å². The molecular formula is C19H25Cl2N3O3. The van der Waals surface area contributed by atoms with Gasteiger partial charge in [0.1, 0.15) is 5.75 Å². The number of piperidine rings is 1. The minimum absolute atomic E-state index is 0. The van der Waals surface area contributed by atoms with Gasteiger partial charge in [0.05, 0.1) is 23.9 Å². The number of carbonyl (C=O) groups excluding carboxylic acids is 1. The predicted octanol–water partition coefficient (Wildman–Crippen LogP) is 3.67. The molecule has 2 heterocycles. The van der Waals surface area contributed by atoms with E-state index >= 15 is 0 Å². The Morgan fingerprint density at radius 2 is 1.85 bits per heavy atom. The number of para-hydroxylation sites is 1. The van der Waals surface area contributed by atoms with Gasteiger partial charge < -0.3 is 20.1 Å². The van der Waals surface area contributed by atoms with E-state index in [9.17, 15) is 4.79 Å². The summed E-state index contributed by atoms with van der Waals surface area (Å²) < 4.78 is 11.0. The van der Waals surface area contributed by atoms with Crippen molar-refractivity contribution in [1.82, 2.24) is 10.3 Å². The smallest absolute Gasteiger partial charge is 0.233 e. The number of anilines is 1. The van der Waals surface area contributed by atoms with Gasteiger partial charge in [-0.15, -0.1) is 24.8 Å². The number of hydrogen-bond donors (Lipinski definition) is 2. The van der Waals surface area contributed by atoms with Crippen LogP contribution in [0.25, 0.3) is 0 Å². The first-order valence-corrected chi connectivity index (χ1v) is 8.42. The Hall–Kier alpha value is -1.86. The van der Waals surface area contributed by atoms with Crippen LogP contribution in [0.5, 0.6) is 11.6 Å². The summed E-state index contributed by atoms with van der Waals surface area (Å²) in [6.45, 7) is 2.06. The molecule has 1 aliphatic rings. The lowest BCUT2D eigenvalue weighted by Crippen LogP contribution is -2.47. The van der Waals surface area contributed by atoms with Crippen molar-refractivity contribution >= 4 is 36.4 Å². The molecule has 0 radical (unpaired) electrons. The average Bonchev–Trinajstić information content (AvgIpc) is 2.65. The lowest BCUT2D eigenvalue weighted by Gasteiger charge is -2.35. The molecule has 0 atom stereocenters. The van der Waals surface area contributed by atoms with E-state index in [1.807, 2.05) is 30.3 Å². The van der Waals surface area contributed by atoms with Gasteiger partial charge in [-0.1, -0.05) is 18.2 Å². The van der Waals surface area contributed by atoms with E-state index in [0.717, 1.165) is 31.7 Å². The number of hydrogen-bond acceptors (Lipinski definition) is 5. The van der Waals surface area contributed by atoms with Gasteiger partial charge in [0, 0.05) is 13.2 Å². The fourth-order valence-corrected chi connectivity index (χ4v) is 3.01. The number of methoxy groups -OCH3 is 1. The zero-order valence-electron chi connectivity index (χ0n) is 15.1. The maximum atomic E-state index is 12.8. The molecule has 27 heavy (non-hydrogen) atoms. The van der Waals surface area contributed by atoms with Gasteiger partial charge in [-0.05, 0) is 44.1 Å². The Morgan fingerprint density at radius 3 is 2.44 bits per heavy atom. The normalized spacial score (nSPS) is 15.0. The van der Waals surface area contributed by atoms with Gasteiger partial charge in [-0.2, -0.15) is 0 Å². The van der Waals surface area contributed by atoms with Crippen LogP contribution in [0.2, 0.25) is 0 Å². The zero-order chi connectivity index (χ0) is 17.5. The summed E-state index contributed by atoms with van der Waals surface area (Å²) in [5.41, 5.74) is 0.165. The summed E-state index contributed by atoms with van der Waals surface area (Å²) in [7, 11) is 1.63. The monoisotopic (exact) mass is 413 g/mol. The summed E-state index contributed by atoms with van der Waals surface area (Å²) in [4.78, 5) is 17.0. The van der Waals surface area contributed by atoms with E-state index in [2.05, 4.69) is 15.6 Å². The molecule has 2 N–H and O–H groups in total. The number of nitrogens with zero attached hydrogens (tertiary/aromatic N) is 1. The Labute approximate surface area is 171 Å². The average molecular weight is 414 g/mol. The lowest BCUT2D eigenvalue weighted by molar-refractivity contribution is -0.130. The number of rotatable bonds is 6. The first-order chi connectivity index (χ1) is 12.2. The molecule has 8 heteroatoms. The van der Waals surface area contributed by atoms with Crippen LogP contribution < -0.4 is 15.4 Å². The summed E-state index contributed by atoms with van der Waals surface area (Å²) in [5.74, 6) is 1.19. The second-order valence-corrected chi connectivity index (χ2v) is 6.22. The van der Waals surface area contributed by atoms with Gasteiger partial charge >= 0.3 is 0 Å². The van der Waals surface area contributed by atoms with Crippen LogP contribution in [-0.2, 0) is 9.53 Å². The van der Waals surface area contributed by atoms with Gasteiger partial charge in [-0.25, -0.2) is 4.98 Å². The number of ether oxygens (including phenoxy) is 2. The SMILES string of the molecule is COCC1(C(=O)Nc2ccc(Oc3ccccc3)nc2)CCNCC1.Cl.Cl. The Kier molecular flexibility index (Phi) is 9.52. The van der Waals surface area contributed by atoms with Crippen molar-refractivity contribution in [2.45, 2.75) is 12.8 Å². The molecule has 1 fully saturated rings. The molecule has 148 valence electrons. The molecule has 0 bridgehead atoms. The Balaban J connectivity index is 0.00000182. The second kappa shape index (κ2) is 11.1. The molecule has 1 amide bonds. The largest absolute Gasteiger partial charge is 0.439 e. The summed E-state index contributed by atoms with van der Waals surface area (Å²) in [6, 6.07) is 13.0. The summed E-state index contributed by atoms with van der Waals surface area (Å²) in [5, 5.41) is 6.25. The number of carbonyl (C=O) groups is 1. The maximum Gasteiger partial charge on any atom is 0.233 e. The fraction of sp³-hybridized carbons (Fsp3) is 0.368. The zero-order valence-corrected chi connectivity index (χ0v) is 16.8. The number of halogens is 2. The van der Waals surface area contributed by atoms with Crippen molar-refractivity contribution in [2.24, 2.45) is 5.41 Å². The van der Waals surface area contributed by atoms with E-state index < -0.39 is 5.41 Å². The van der Waals surface area contributed by atoms with Gasteiger partial charge in [0.15, 0.2) is 0 Å². The van der Waals surface area contributed by atoms with Crippen molar-refractivity contribution in [3.05, 3.63) is 48.7 Å². The maximum absolute atomic E-state index is 12.8. The number of nitrogens with one attached hydrogen (secondary N) is 2. The Morgan fingerprint density at radius 1 is 1.15 bits per heavy atom. The van der Waals surface area contributed by atoms with Crippen LogP contribution in [0, 0.1) is 5.41 Å². The number of benzene rings is 1. The highest BCUT2D eigenvalue weighted by Crippen LogP contribution is 2.31. The summed E-state index contributed by atoms with van der Waals surface area (Å²) in [6.07, 6.45) is 3.13. The molecule has 0 aliphatic carbocycles. The molecule has 3 rings (SSSR count). The van der Waals surface area contributed by atoms with Crippen molar-refractivity contribution in [3.8, 4) is 11.6 Å². The number of pyridine rings is 1. The van der Waals surface area contributed by atoms with E-state index in [1.54, 1.807) is 25.4 Å². The van der Waals surface area contributed by atoms with Crippen LogP contribution in [0.4, 0.5) is 5.69 Å². The molecule has 6 nitrogen and oxygen atoms in total. The standard InChI is InChI=1S/C19H23N3O3.2ClH/c1-24-14-19(9-11-20-12-10-19)18(23)22-15-7-8-17(21-13-15)25-16-5-3-2-4-6-16;;/h2-8,13,20H,9-12,14H2,1H3,(H,22,23);2*1H. The highest BCUT2D eigenvalue weighted by molar-refractivity contribution is 5.95. The molecule has 0 saturated carbocycles. The van der Waals surface area contributed by atoms with Crippen LogP contribution in [0.1, 0.15) is 12.8 Å². The quantitative estimate of drug-likeness (QED) is 0.755. The summed E-state index contributed by atoms with van der Waals surface area (Å²) >= 11 is 0. The minimum atomic E-state index is -0.487. The topological polar surface area (TPSA) is 72.5 Å². The second-order valence-electron chi connectivity index (χ2n) is 6.22. The van der Waals surface area contributed by atoms with Gasteiger partial charge in [-0.3, -0.25) is 4.79 Å². The van der Waals surface area contributed by atoms with Crippen molar-refractivity contribution in [1.29, 1.82) is 0 Å². The van der Waals surface area contributed by atoms with Crippen LogP contribution >= 0.6 is 24.8 Å². The molecule has 1 aliphatic heterocycles. The number of aromatic nitrogens is 1. The molecule has 1 aromatic carbocycles. The third kappa shape index (κ3) is 6.07. The lowest BCUT2D eigenvalue weighted by atomic mass is 9.78. The van der Waals surface area contributed by atoms with Crippen molar-refractivity contribution in [3.63, 3.8) is 0 Å². The Bertz CT molecular complexity index is 688. The van der Waals surface area contributed by atoms with E-state index in [0.29, 0.717) is 18.2 Å². The van der Waals surface area contributed by atoms with Crippen molar-refractivity contribution in [2.75, 3.05) is 32.1 Å². The van der Waals surface area contributed by atoms with E-state index in [-0.39, 0.29) is 30.7 Å². The molecule has 1 aromatic heterocycles. The third-order valence-corrected chi connectivity index (χ3v) is 4.42. The minimum Gasteiger partial charge on any atom is -0.439 e. The highest BCUT2D eigenvalue weighted by atomic mass is 35.5. The fourth-order valence-electron chi connectivity index (χ4n) is 3.01. The molecule has 0 unspecified atom stereocenters. The van der Waals surface area contributed by atoms with Crippen LogP contribution in [0.15, 0.2) is 48.7 Å². The third-order valence-electron chi connectivity index (χ3n) is 4.42. The highest BCUT2D eigenvalue weighted by Gasteiger charge is 2.39. The van der Waals surface area contributed by atoms with Crippen LogP contribution in [-0.4, -0.2) is 37.7 Å². The van der Waals surface area contributed by atoms with Gasteiger partial charge in [0.25, 0.3) is 0 Å². The molecule has 2 aromatic rings. The van der Waals surface area contributed by atoms with E-state index in [1.165, 1.54) is 0 Å².